The van der Waals surface area contributed by atoms with Crippen LogP contribution in [-0.4, -0.2) is 5.11 Å². The van der Waals surface area contributed by atoms with Crippen LogP contribution < -0.4 is 5.63 Å². The molecule has 0 aliphatic carbocycles. The fourth-order valence-corrected chi connectivity index (χ4v) is 4.01. The van der Waals surface area contributed by atoms with Crippen LogP contribution in [-0.2, 0) is 6.61 Å². The van der Waals surface area contributed by atoms with Crippen LogP contribution in [0, 0.1) is 20.8 Å². The lowest BCUT2D eigenvalue weighted by atomic mass is 9.89. The van der Waals surface area contributed by atoms with Gasteiger partial charge in [0.15, 0.2) is 0 Å². The van der Waals surface area contributed by atoms with Gasteiger partial charge >= 0.3 is 5.63 Å². The summed E-state index contributed by atoms with van der Waals surface area (Å²) in [6.45, 7) is 6.19. The molecule has 3 heteroatoms. The molecule has 1 N–H and O–H groups in total. The molecule has 1 heterocycles. The van der Waals surface area contributed by atoms with Crippen molar-refractivity contribution < 1.29 is 9.52 Å². The first-order chi connectivity index (χ1) is 13.5. The van der Waals surface area contributed by atoms with Crippen LogP contribution in [0.2, 0.25) is 0 Å². The first-order valence-corrected chi connectivity index (χ1v) is 9.33. The summed E-state index contributed by atoms with van der Waals surface area (Å²) in [4.78, 5) is 12.1. The Morgan fingerprint density at radius 1 is 0.821 bits per heavy atom. The Morgan fingerprint density at radius 3 is 2.14 bits per heavy atom. The number of rotatable bonds is 3. The molecule has 140 valence electrons. The average Bonchev–Trinajstić information content (AvgIpc) is 2.68. The van der Waals surface area contributed by atoms with Crippen LogP contribution in [0.25, 0.3) is 33.2 Å². The van der Waals surface area contributed by atoms with E-state index in [9.17, 15) is 9.90 Å². The zero-order chi connectivity index (χ0) is 19.8. The van der Waals surface area contributed by atoms with Gasteiger partial charge in [0.1, 0.15) is 5.58 Å². The molecule has 0 saturated carbocycles. The van der Waals surface area contributed by atoms with E-state index in [0.29, 0.717) is 5.58 Å². The summed E-state index contributed by atoms with van der Waals surface area (Å²) in [5, 5.41) is 10.4. The number of aliphatic hydroxyl groups excluding tert-OH is 1. The van der Waals surface area contributed by atoms with Crippen molar-refractivity contribution >= 4 is 11.0 Å². The second-order valence-corrected chi connectivity index (χ2v) is 7.27. The molecule has 4 rings (SSSR count). The van der Waals surface area contributed by atoms with E-state index in [0.717, 1.165) is 49.9 Å². The van der Waals surface area contributed by atoms with E-state index in [4.69, 9.17) is 4.42 Å². The highest BCUT2D eigenvalue weighted by Crippen LogP contribution is 2.36. The van der Waals surface area contributed by atoms with Crippen molar-refractivity contribution in [2.75, 3.05) is 0 Å². The molecule has 0 radical (unpaired) electrons. The summed E-state index contributed by atoms with van der Waals surface area (Å²) in [6, 6.07) is 19.6. The number of fused-ring (bicyclic) bond motifs is 1. The van der Waals surface area contributed by atoms with E-state index < -0.39 is 0 Å². The molecule has 3 aromatic carbocycles. The molecule has 0 unspecified atom stereocenters. The van der Waals surface area contributed by atoms with E-state index in [1.54, 1.807) is 6.07 Å². The molecule has 0 atom stereocenters. The van der Waals surface area contributed by atoms with Gasteiger partial charge in [-0.1, -0.05) is 42.5 Å². The van der Waals surface area contributed by atoms with Crippen LogP contribution >= 0.6 is 0 Å². The van der Waals surface area contributed by atoms with Gasteiger partial charge in [0.2, 0.25) is 0 Å². The van der Waals surface area contributed by atoms with E-state index in [1.165, 1.54) is 0 Å². The summed E-state index contributed by atoms with van der Waals surface area (Å²) in [5.41, 5.74) is 8.55. The van der Waals surface area contributed by atoms with Gasteiger partial charge in [-0.2, -0.15) is 0 Å². The Hall–Kier alpha value is -3.17. The van der Waals surface area contributed by atoms with E-state index in [-0.39, 0.29) is 12.2 Å². The minimum Gasteiger partial charge on any atom is -0.423 e. The maximum atomic E-state index is 12.1. The van der Waals surface area contributed by atoms with Crippen LogP contribution in [0.15, 0.2) is 69.9 Å². The lowest BCUT2D eigenvalue weighted by Gasteiger charge is -2.16. The Labute approximate surface area is 163 Å². The molecule has 0 bridgehead atoms. The zero-order valence-corrected chi connectivity index (χ0v) is 16.2. The minimum atomic E-state index is -0.349. The number of aryl methyl sites for hydroxylation is 3. The summed E-state index contributed by atoms with van der Waals surface area (Å²) in [5.74, 6) is 0. The molecular weight excluding hydrogens is 348 g/mol. The van der Waals surface area contributed by atoms with Gasteiger partial charge in [0.05, 0.1) is 6.61 Å². The molecule has 0 aliphatic rings. The second kappa shape index (κ2) is 7.10. The summed E-state index contributed by atoms with van der Waals surface area (Å²) in [7, 11) is 0. The maximum Gasteiger partial charge on any atom is 0.336 e. The van der Waals surface area contributed by atoms with Gasteiger partial charge in [-0.3, -0.25) is 0 Å². The molecule has 3 nitrogen and oxygen atoms in total. The number of hydrogen-bond donors (Lipinski definition) is 1. The number of benzene rings is 3. The van der Waals surface area contributed by atoms with Crippen LogP contribution in [0.3, 0.4) is 0 Å². The third-order valence-electron chi connectivity index (χ3n) is 5.22. The Bertz CT molecular complexity index is 1210. The van der Waals surface area contributed by atoms with Crippen molar-refractivity contribution in [3.8, 4) is 22.3 Å². The van der Waals surface area contributed by atoms with Gasteiger partial charge in [-0.25, -0.2) is 4.79 Å². The third-order valence-corrected chi connectivity index (χ3v) is 5.22. The lowest BCUT2D eigenvalue weighted by molar-refractivity contribution is 0.281. The Morgan fingerprint density at radius 2 is 1.50 bits per heavy atom. The quantitative estimate of drug-likeness (QED) is 0.481. The molecule has 4 aromatic rings. The molecule has 0 aliphatic heterocycles. The van der Waals surface area contributed by atoms with Crippen LogP contribution in [0.5, 0.6) is 0 Å². The average molecular weight is 370 g/mol. The fraction of sp³-hybridized carbons (Fsp3) is 0.160. The molecule has 0 amide bonds. The number of aliphatic hydroxyl groups is 1. The summed E-state index contributed by atoms with van der Waals surface area (Å²) in [6.07, 6.45) is 0. The van der Waals surface area contributed by atoms with Crippen LogP contribution in [0.1, 0.15) is 22.3 Å². The van der Waals surface area contributed by atoms with Crippen molar-refractivity contribution in [2.45, 2.75) is 27.4 Å². The smallest absolute Gasteiger partial charge is 0.336 e. The lowest BCUT2D eigenvalue weighted by Crippen LogP contribution is -2.00. The topological polar surface area (TPSA) is 50.4 Å². The summed E-state index contributed by atoms with van der Waals surface area (Å²) >= 11 is 0. The highest BCUT2D eigenvalue weighted by atomic mass is 16.4. The van der Waals surface area contributed by atoms with Crippen molar-refractivity contribution in [3.05, 3.63) is 93.3 Å². The van der Waals surface area contributed by atoms with E-state index in [2.05, 4.69) is 19.9 Å². The monoisotopic (exact) mass is 370 g/mol. The minimum absolute atomic E-state index is 0.0297. The predicted molar refractivity (Wildman–Crippen MR) is 113 cm³/mol. The van der Waals surface area contributed by atoms with Gasteiger partial charge < -0.3 is 9.52 Å². The molecule has 1 aromatic heterocycles. The normalized spacial score (nSPS) is 11.1. The standard InChI is InChI=1S/C25H22O3/c1-15-11-23-22(21(13-24(27)28-23)19-7-5-4-6-8-19)12-20(15)25-16(2)9-18(14-26)10-17(25)3/h4-13,26H,14H2,1-3H3. The summed E-state index contributed by atoms with van der Waals surface area (Å²) < 4.78 is 5.50. The molecule has 0 spiro atoms. The predicted octanol–water partition coefficient (Wildman–Crippen LogP) is 5.54. The van der Waals surface area contributed by atoms with Gasteiger partial charge in [0, 0.05) is 11.5 Å². The SMILES string of the molecule is Cc1cc2oc(=O)cc(-c3ccccc3)c2cc1-c1c(C)cc(CO)cc1C. The molecular formula is C25H22O3. The molecule has 28 heavy (non-hydrogen) atoms. The highest BCUT2D eigenvalue weighted by molar-refractivity contribution is 5.97. The van der Waals surface area contributed by atoms with Gasteiger partial charge in [-0.05, 0) is 77.4 Å². The van der Waals surface area contributed by atoms with Crippen molar-refractivity contribution in [1.29, 1.82) is 0 Å². The maximum absolute atomic E-state index is 12.1. The van der Waals surface area contributed by atoms with Gasteiger partial charge in [0.25, 0.3) is 0 Å². The van der Waals surface area contributed by atoms with Crippen molar-refractivity contribution in [3.63, 3.8) is 0 Å². The van der Waals surface area contributed by atoms with Crippen LogP contribution in [0.4, 0.5) is 0 Å². The van der Waals surface area contributed by atoms with Crippen molar-refractivity contribution in [1.82, 2.24) is 0 Å². The van der Waals surface area contributed by atoms with Gasteiger partial charge in [-0.15, -0.1) is 0 Å². The third kappa shape index (κ3) is 3.14. The first kappa shape index (κ1) is 18.2. The van der Waals surface area contributed by atoms with E-state index >= 15 is 0 Å². The molecule has 0 fully saturated rings. The second-order valence-electron chi connectivity index (χ2n) is 7.27. The first-order valence-electron chi connectivity index (χ1n) is 9.33. The Kier molecular flexibility index (Phi) is 4.62. The van der Waals surface area contributed by atoms with E-state index in [1.807, 2.05) is 55.5 Å². The molecule has 0 saturated heterocycles. The largest absolute Gasteiger partial charge is 0.423 e. The highest BCUT2D eigenvalue weighted by Gasteiger charge is 2.15. The number of hydrogen-bond acceptors (Lipinski definition) is 3. The Balaban J connectivity index is 2.04. The zero-order valence-electron chi connectivity index (χ0n) is 16.2. The fourth-order valence-electron chi connectivity index (χ4n) is 4.01. The van der Waals surface area contributed by atoms with Crippen molar-refractivity contribution in [2.24, 2.45) is 0 Å².